The molecule has 0 N–H and O–H groups in total. The van der Waals surface area contributed by atoms with Crippen molar-refractivity contribution < 1.29 is 14.3 Å². The fraction of sp³-hybridized carbons (Fsp3) is 0.367. The third kappa shape index (κ3) is 4.29. The van der Waals surface area contributed by atoms with Crippen molar-refractivity contribution in [1.29, 1.82) is 0 Å². The molecular weight excluding hydrogens is 422 g/mol. The lowest BCUT2D eigenvalue weighted by Crippen LogP contribution is -2.45. The Labute approximate surface area is 202 Å². The average molecular weight is 456 g/mol. The fourth-order valence-electron chi connectivity index (χ4n) is 5.49. The van der Waals surface area contributed by atoms with Gasteiger partial charge in [0.25, 0.3) is 0 Å². The van der Waals surface area contributed by atoms with Gasteiger partial charge in [-0.05, 0) is 60.1 Å². The summed E-state index contributed by atoms with van der Waals surface area (Å²) in [5.74, 6) is 2.15. The highest BCUT2D eigenvalue weighted by Crippen LogP contribution is 2.45. The van der Waals surface area contributed by atoms with Gasteiger partial charge in [0, 0.05) is 18.4 Å². The molecule has 1 heterocycles. The van der Waals surface area contributed by atoms with Crippen LogP contribution < -0.4 is 9.47 Å². The Kier molecular flexibility index (Phi) is 6.57. The molecule has 176 valence electrons. The maximum absolute atomic E-state index is 13.6. The number of hydrogen-bond donors (Lipinski definition) is 0. The first-order valence-corrected chi connectivity index (χ1v) is 12.3. The molecule has 1 fully saturated rings. The summed E-state index contributed by atoms with van der Waals surface area (Å²) in [5, 5.41) is 0. The minimum Gasteiger partial charge on any atom is -0.493 e. The number of carbonyl (C=O) groups excluding carboxylic acids is 1. The Morgan fingerprint density at radius 3 is 2.03 bits per heavy atom. The molecule has 0 aromatic heterocycles. The molecule has 2 aliphatic rings. The first kappa shape index (κ1) is 22.5. The van der Waals surface area contributed by atoms with Crippen molar-refractivity contribution in [3.63, 3.8) is 0 Å². The van der Waals surface area contributed by atoms with E-state index in [4.69, 9.17) is 9.47 Å². The van der Waals surface area contributed by atoms with Gasteiger partial charge in [-0.2, -0.15) is 0 Å². The Balaban J connectivity index is 1.59. The van der Waals surface area contributed by atoms with Crippen molar-refractivity contribution in [2.45, 2.75) is 44.1 Å². The van der Waals surface area contributed by atoms with Crippen LogP contribution >= 0.6 is 0 Å². The van der Waals surface area contributed by atoms with Crippen LogP contribution in [0.1, 0.15) is 59.9 Å². The van der Waals surface area contributed by atoms with Crippen molar-refractivity contribution in [3.05, 3.63) is 95.1 Å². The van der Waals surface area contributed by atoms with Crippen molar-refractivity contribution in [2.24, 2.45) is 5.92 Å². The number of nitrogens with zero attached hydrogens (tertiary/aromatic N) is 1. The van der Waals surface area contributed by atoms with Gasteiger partial charge < -0.3 is 14.4 Å². The van der Waals surface area contributed by atoms with Gasteiger partial charge in [-0.1, -0.05) is 67.1 Å². The minimum atomic E-state index is -0.0120. The molecule has 3 aromatic carbocycles. The van der Waals surface area contributed by atoms with Crippen LogP contribution in [0.5, 0.6) is 11.5 Å². The number of hydrogen-bond acceptors (Lipinski definition) is 3. The number of rotatable bonds is 7. The standard InChI is InChI=1S/C30H33NO3/c1-33-28-18-24-16-17-31(30(32)23-14-9-15-23)27(26(24)20-29(28)34-2)19-25(21-10-5-3-6-11-21)22-12-7-4-8-13-22/h3-8,10-13,18,20,23,25,27H,9,14-17,19H2,1-2H3. The molecule has 1 amide bonds. The Morgan fingerprint density at radius 2 is 1.50 bits per heavy atom. The number of ether oxygens (including phenoxy) is 2. The SMILES string of the molecule is COc1cc2c(cc1OC)C(CC(c1ccccc1)c1ccccc1)N(C(=O)C1CCC1)CC2. The van der Waals surface area contributed by atoms with Gasteiger partial charge in [-0.25, -0.2) is 0 Å². The predicted octanol–water partition coefficient (Wildman–Crippen LogP) is 6.15. The number of benzene rings is 3. The second-order valence-corrected chi connectivity index (χ2v) is 9.44. The fourth-order valence-corrected chi connectivity index (χ4v) is 5.49. The van der Waals surface area contributed by atoms with E-state index < -0.39 is 0 Å². The highest BCUT2D eigenvalue weighted by molar-refractivity contribution is 5.80. The zero-order chi connectivity index (χ0) is 23.5. The summed E-state index contributed by atoms with van der Waals surface area (Å²) in [6.07, 6.45) is 4.86. The third-order valence-corrected chi connectivity index (χ3v) is 7.60. The van der Waals surface area contributed by atoms with Crippen molar-refractivity contribution in [3.8, 4) is 11.5 Å². The van der Waals surface area contributed by atoms with Gasteiger partial charge in [0.1, 0.15) is 0 Å². The van der Waals surface area contributed by atoms with E-state index in [1.807, 2.05) is 0 Å². The first-order chi connectivity index (χ1) is 16.7. The zero-order valence-electron chi connectivity index (χ0n) is 20.1. The topological polar surface area (TPSA) is 38.8 Å². The highest BCUT2D eigenvalue weighted by Gasteiger charge is 2.38. The molecule has 0 bridgehead atoms. The van der Waals surface area contributed by atoms with Gasteiger partial charge in [0.2, 0.25) is 5.91 Å². The lowest BCUT2D eigenvalue weighted by Gasteiger charge is -2.42. The Hall–Kier alpha value is -3.27. The van der Waals surface area contributed by atoms with Crippen LogP contribution in [-0.2, 0) is 11.2 Å². The lowest BCUT2D eigenvalue weighted by atomic mass is 9.79. The monoisotopic (exact) mass is 455 g/mol. The molecule has 0 saturated heterocycles. The van der Waals surface area contributed by atoms with E-state index in [0.717, 1.165) is 50.1 Å². The molecule has 3 aromatic rings. The average Bonchev–Trinajstić information content (AvgIpc) is 2.86. The summed E-state index contributed by atoms with van der Waals surface area (Å²) in [4.78, 5) is 15.8. The van der Waals surface area contributed by atoms with Crippen LogP contribution in [0.25, 0.3) is 0 Å². The summed E-state index contributed by atoms with van der Waals surface area (Å²) < 4.78 is 11.3. The van der Waals surface area contributed by atoms with Crippen LogP contribution in [0.3, 0.4) is 0 Å². The normalized spacial score (nSPS) is 17.7. The molecular formula is C30H33NO3. The second kappa shape index (κ2) is 9.92. The third-order valence-electron chi connectivity index (χ3n) is 7.60. The van der Waals surface area contributed by atoms with Crippen molar-refractivity contribution >= 4 is 5.91 Å². The van der Waals surface area contributed by atoms with Crippen molar-refractivity contribution in [2.75, 3.05) is 20.8 Å². The van der Waals surface area contributed by atoms with Crippen molar-refractivity contribution in [1.82, 2.24) is 4.90 Å². The summed E-state index contributed by atoms with van der Waals surface area (Å²) in [5.41, 5.74) is 4.99. The summed E-state index contributed by atoms with van der Waals surface area (Å²) in [7, 11) is 3.36. The number of methoxy groups -OCH3 is 2. The Morgan fingerprint density at radius 1 is 0.912 bits per heavy atom. The van der Waals surface area contributed by atoms with Crippen LogP contribution in [-0.4, -0.2) is 31.6 Å². The first-order valence-electron chi connectivity index (χ1n) is 12.3. The summed E-state index contributed by atoms with van der Waals surface area (Å²) in [6.45, 7) is 0.749. The van der Waals surface area contributed by atoms with Gasteiger partial charge >= 0.3 is 0 Å². The van der Waals surface area contributed by atoms with E-state index in [0.29, 0.717) is 5.91 Å². The summed E-state index contributed by atoms with van der Waals surface area (Å²) in [6, 6.07) is 25.5. The lowest BCUT2D eigenvalue weighted by molar-refractivity contribution is -0.141. The smallest absolute Gasteiger partial charge is 0.226 e. The van der Waals surface area contributed by atoms with E-state index >= 15 is 0 Å². The molecule has 5 rings (SSSR count). The molecule has 0 radical (unpaired) electrons. The van der Waals surface area contributed by atoms with Gasteiger partial charge in [0.05, 0.1) is 20.3 Å². The Bertz CT molecular complexity index is 1090. The molecule has 1 saturated carbocycles. The van der Waals surface area contributed by atoms with E-state index in [2.05, 4.69) is 77.7 Å². The van der Waals surface area contributed by atoms with Crippen LogP contribution in [0.2, 0.25) is 0 Å². The van der Waals surface area contributed by atoms with E-state index in [-0.39, 0.29) is 17.9 Å². The van der Waals surface area contributed by atoms with Gasteiger partial charge in [0.15, 0.2) is 11.5 Å². The molecule has 1 aliphatic carbocycles. The molecule has 1 aliphatic heterocycles. The zero-order valence-corrected chi connectivity index (χ0v) is 20.1. The molecule has 4 nitrogen and oxygen atoms in total. The second-order valence-electron chi connectivity index (χ2n) is 9.44. The number of carbonyl (C=O) groups is 1. The number of amides is 1. The van der Waals surface area contributed by atoms with E-state index in [1.165, 1.54) is 22.3 Å². The van der Waals surface area contributed by atoms with E-state index in [9.17, 15) is 4.79 Å². The number of fused-ring (bicyclic) bond motifs is 1. The van der Waals surface area contributed by atoms with Crippen LogP contribution in [0.4, 0.5) is 0 Å². The highest BCUT2D eigenvalue weighted by atomic mass is 16.5. The molecule has 0 spiro atoms. The van der Waals surface area contributed by atoms with Crippen LogP contribution in [0, 0.1) is 5.92 Å². The van der Waals surface area contributed by atoms with Gasteiger partial charge in [-0.3, -0.25) is 4.79 Å². The largest absolute Gasteiger partial charge is 0.493 e. The molecule has 1 unspecified atom stereocenters. The van der Waals surface area contributed by atoms with E-state index in [1.54, 1.807) is 14.2 Å². The van der Waals surface area contributed by atoms with Gasteiger partial charge in [-0.15, -0.1) is 0 Å². The molecule has 34 heavy (non-hydrogen) atoms. The maximum Gasteiger partial charge on any atom is 0.226 e. The predicted molar refractivity (Wildman–Crippen MR) is 134 cm³/mol. The maximum atomic E-state index is 13.6. The quantitative estimate of drug-likeness (QED) is 0.429. The van der Waals surface area contributed by atoms with Crippen LogP contribution in [0.15, 0.2) is 72.8 Å². The minimum absolute atomic E-state index is 0.0120. The molecule has 4 heteroatoms. The summed E-state index contributed by atoms with van der Waals surface area (Å²) >= 11 is 0. The molecule has 1 atom stereocenters.